The summed E-state index contributed by atoms with van der Waals surface area (Å²) in [5.74, 6) is 0.669. The minimum Gasteiger partial charge on any atom is -0.497 e. The summed E-state index contributed by atoms with van der Waals surface area (Å²) in [6, 6.07) is 11.6. The van der Waals surface area contributed by atoms with Gasteiger partial charge in [-0.2, -0.15) is 0 Å². The summed E-state index contributed by atoms with van der Waals surface area (Å²) < 4.78 is 15.4. The number of hydrogen-bond acceptors (Lipinski definition) is 5. The van der Waals surface area contributed by atoms with Crippen molar-refractivity contribution in [3.8, 4) is 5.75 Å². The fraction of sp³-hybridized carbons (Fsp3) is 0.167. The van der Waals surface area contributed by atoms with Crippen LogP contribution in [-0.4, -0.2) is 24.7 Å². The number of benzene rings is 1. The van der Waals surface area contributed by atoms with Gasteiger partial charge in [0.25, 0.3) is 5.91 Å². The predicted molar refractivity (Wildman–Crippen MR) is 85.7 cm³/mol. The van der Waals surface area contributed by atoms with Crippen molar-refractivity contribution in [1.82, 2.24) is 5.32 Å². The summed E-state index contributed by atoms with van der Waals surface area (Å²) in [6.45, 7) is -0.0646. The number of hydrogen-bond donors (Lipinski definition) is 2. The summed E-state index contributed by atoms with van der Waals surface area (Å²) >= 11 is 0. The van der Waals surface area contributed by atoms with Crippen LogP contribution in [0.2, 0.25) is 0 Å². The van der Waals surface area contributed by atoms with Gasteiger partial charge in [0.15, 0.2) is 5.60 Å². The molecule has 0 saturated heterocycles. The number of methoxy groups -OCH3 is 1. The van der Waals surface area contributed by atoms with E-state index in [1.165, 1.54) is 18.8 Å². The van der Waals surface area contributed by atoms with E-state index < -0.39 is 5.60 Å². The maximum atomic E-state index is 12.3. The number of furan rings is 2. The summed E-state index contributed by atoms with van der Waals surface area (Å²) in [5.41, 5.74) is -0.559. The van der Waals surface area contributed by atoms with Crippen LogP contribution in [0.5, 0.6) is 5.75 Å². The quantitative estimate of drug-likeness (QED) is 0.727. The predicted octanol–water partition coefficient (Wildman–Crippen LogP) is 2.55. The molecule has 0 fully saturated rings. The normalized spacial score (nSPS) is 13.2. The Kier molecular flexibility index (Phi) is 4.39. The van der Waals surface area contributed by atoms with E-state index in [2.05, 4.69) is 5.32 Å². The third kappa shape index (κ3) is 3.04. The third-order valence-electron chi connectivity index (χ3n) is 3.78. The molecule has 2 aromatic heterocycles. The highest BCUT2D eigenvalue weighted by Gasteiger charge is 2.36. The van der Waals surface area contributed by atoms with Crippen molar-refractivity contribution in [3.05, 3.63) is 78.1 Å². The van der Waals surface area contributed by atoms with Gasteiger partial charge in [-0.1, -0.05) is 0 Å². The standard InChI is InChI=1S/C18H17NO5/c1-22-15-6-4-13(5-7-15)17(20)19-12-18(21,14-8-10-23-11-14)16-3-2-9-24-16/h2-11,21H,12H2,1H3,(H,19,20)/t18-/m0/s1. The van der Waals surface area contributed by atoms with E-state index in [-0.39, 0.29) is 12.5 Å². The molecular weight excluding hydrogens is 310 g/mol. The molecule has 0 radical (unpaired) electrons. The maximum absolute atomic E-state index is 12.3. The molecule has 0 spiro atoms. The Labute approximate surface area is 138 Å². The molecule has 2 N–H and O–H groups in total. The van der Waals surface area contributed by atoms with Crippen LogP contribution in [-0.2, 0) is 5.60 Å². The molecule has 0 aliphatic rings. The van der Waals surface area contributed by atoms with Gasteiger partial charge in [-0.3, -0.25) is 4.79 Å². The van der Waals surface area contributed by atoms with Crippen molar-refractivity contribution in [2.24, 2.45) is 0 Å². The lowest BCUT2D eigenvalue weighted by Crippen LogP contribution is -2.41. The molecule has 0 aliphatic heterocycles. The van der Waals surface area contributed by atoms with E-state index in [1.807, 2.05) is 0 Å². The van der Waals surface area contributed by atoms with Crippen molar-refractivity contribution in [2.75, 3.05) is 13.7 Å². The summed E-state index contributed by atoms with van der Waals surface area (Å²) in [5, 5.41) is 13.7. The van der Waals surface area contributed by atoms with Gasteiger partial charge in [-0.25, -0.2) is 0 Å². The van der Waals surface area contributed by atoms with Crippen molar-refractivity contribution in [1.29, 1.82) is 0 Å². The molecule has 0 saturated carbocycles. The summed E-state index contributed by atoms with van der Waals surface area (Å²) in [4.78, 5) is 12.3. The molecule has 124 valence electrons. The SMILES string of the molecule is COc1ccc(C(=O)NC[C@](O)(c2ccoc2)c2ccco2)cc1. The summed E-state index contributed by atoms with van der Waals surface area (Å²) in [6.07, 6.45) is 4.34. The van der Waals surface area contributed by atoms with Gasteiger partial charge in [0.1, 0.15) is 11.5 Å². The number of nitrogens with one attached hydrogen (secondary N) is 1. The molecule has 3 rings (SSSR count). The smallest absolute Gasteiger partial charge is 0.251 e. The van der Waals surface area contributed by atoms with Crippen molar-refractivity contribution in [3.63, 3.8) is 0 Å². The Morgan fingerprint density at radius 2 is 2.00 bits per heavy atom. The van der Waals surface area contributed by atoms with Crippen LogP contribution in [0.15, 0.2) is 70.1 Å². The van der Waals surface area contributed by atoms with Crippen molar-refractivity contribution in [2.45, 2.75) is 5.60 Å². The lowest BCUT2D eigenvalue weighted by Gasteiger charge is -2.25. The molecule has 0 aliphatic carbocycles. The molecule has 1 atom stereocenters. The Morgan fingerprint density at radius 1 is 1.21 bits per heavy atom. The van der Waals surface area contributed by atoms with Crippen molar-refractivity contribution < 1.29 is 23.5 Å². The average molecular weight is 327 g/mol. The first-order chi connectivity index (χ1) is 11.6. The molecule has 2 heterocycles. The molecule has 1 amide bonds. The zero-order valence-corrected chi connectivity index (χ0v) is 13.1. The minimum absolute atomic E-state index is 0.0646. The highest BCUT2D eigenvalue weighted by molar-refractivity contribution is 5.94. The highest BCUT2D eigenvalue weighted by Crippen LogP contribution is 2.29. The van der Waals surface area contributed by atoms with Crippen molar-refractivity contribution >= 4 is 5.91 Å². The molecule has 0 unspecified atom stereocenters. The first-order valence-electron chi connectivity index (χ1n) is 7.35. The van der Waals surface area contributed by atoms with Crippen LogP contribution in [0.25, 0.3) is 0 Å². The second kappa shape index (κ2) is 6.64. The van der Waals surface area contributed by atoms with Gasteiger partial charge >= 0.3 is 0 Å². The third-order valence-corrected chi connectivity index (χ3v) is 3.78. The zero-order chi connectivity index (χ0) is 17.0. The number of carbonyl (C=O) groups is 1. The van der Waals surface area contributed by atoms with E-state index in [0.29, 0.717) is 22.6 Å². The van der Waals surface area contributed by atoms with Gasteiger partial charge < -0.3 is 24.0 Å². The van der Waals surface area contributed by atoms with Gasteiger partial charge in [0.2, 0.25) is 0 Å². The van der Waals surface area contributed by atoms with E-state index in [4.69, 9.17) is 13.6 Å². The first kappa shape index (κ1) is 15.9. The lowest BCUT2D eigenvalue weighted by atomic mass is 9.93. The second-order valence-corrected chi connectivity index (χ2v) is 5.26. The fourth-order valence-corrected chi connectivity index (χ4v) is 2.40. The van der Waals surface area contributed by atoms with Crippen LogP contribution in [0.4, 0.5) is 0 Å². The van der Waals surface area contributed by atoms with Crippen LogP contribution in [0.3, 0.4) is 0 Å². The molecule has 1 aromatic carbocycles. The molecule has 6 heteroatoms. The van der Waals surface area contributed by atoms with E-state index >= 15 is 0 Å². The monoisotopic (exact) mass is 327 g/mol. The largest absolute Gasteiger partial charge is 0.497 e. The van der Waals surface area contributed by atoms with Gasteiger partial charge in [0.05, 0.1) is 32.4 Å². The Bertz CT molecular complexity index is 741. The van der Waals surface area contributed by atoms with Gasteiger partial charge in [0, 0.05) is 11.1 Å². The lowest BCUT2D eigenvalue weighted by molar-refractivity contribution is 0.0520. The van der Waals surface area contributed by atoms with Gasteiger partial charge in [-0.05, 0) is 42.5 Å². The minimum atomic E-state index is -1.52. The second-order valence-electron chi connectivity index (χ2n) is 5.26. The van der Waals surface area contributed by atoms with Gasteiger partial charge in [-0.15, -0.1) is 0 Å². The average Bonchev–Trinajstić information content (AvgIpc) is 3.33. The number of aliphatic hydroxyl groups is 1. The van der Waals surface area contributed by atoms with E-state index in [0.717, 1.165) is 0 Å². The topological polar surface area (TPSA) is 84.8 Å². The highest BCUT2D eigenvalue weighted by atomic mass is 16.5. The van der Waals surface area contributed by atoms with E-state index in [1.54, 1.807) is 49.6 Å². The first-order valence-corrected chi connectivity index (χ1v) is 7.35. The van der Waals surface area contributed by atoms with Crippen LogP contribution < -0.4 is 10.1 Å². The Balaban J connectivity index is 1.77. The van der Waals surface area contributed by atoms with Crippen LogP contribution in [0, 0.1) is 0 Å². The number of rotatable bonds is 6. The fourth-order valence-electron chi connectivity index (χ4n) is 2.40. The molecular formula is C18H17NO5. The Morgan fingerprint density at radius 3 is 2.58 bits per heavy atom. The maximum Gasteiger partial charge on any atom is 0.251 e. The molecule has 24 heavy (non-hydrogen) atoms. The van der Waals surface area contributed by atoms with E-state index in [9.17, 15) is 9.90 Å². The number of carbonyl (C=O) groups excluding carboxylic acids is 1. The number of amides is 1. The molecule has 3 aromatic rings. The zero-order valence-electron chi connectivity index (χ0n) is 13.1. The Hall–Kier alpha value is -2.99. The molecule has 0 bridgehead atoms. The summed E-state index contributed by atoms with van der Waals surface area (Å²) in [7, 11) is 1.56. The van der Waals surface area contributed by atoms with Crippen LogP contribution >= 0.6 is 0 Å². The molecule has 6 nitrogen and oxygen atoms in total. The van der Waals surface area contributed by atoms with Crippen LogP contribution in [0.1, 0.15) is 21.7 Å². The number of ether oxygens (including phenoxy) is 1.